The van der Waals surface area contributed by atoms with Gasteiger partial charge in [0.15, 0.2) is 5.13 Å². The van der Waals surface area contributed by atoms with E-state index < -0.39 is 0 Å². The number of halogens is 1. The molecule has 1 fully saturated rings. The monoisotopic (exact) mass is 388 g/mol. The number of amides is 3. The van der Waals surface area contributed by atoms with Crippen molar-refractivity contribution in [2.45, 2.75) is 38.8 Å². The van der Waals surface area contributed by atoms with Gasteiger partial charge in [-0.1, -0.05) is 29.9 Å². The third-order valence-electron chi connectivity index (χ3n) is 5.08. The zero-order valence-electron chi connectivity index (χ0n) is 14.8. The predicted octanol–water partition coefficient (Wildman–Crippen LogP) is 3.29. The van der Waals surface area contributed by atoms with E-state index in [4.69, 9.17) is 0 Å². The van der Waals surface area contributed by atoms with Gasteiger partial charge in [-0.25, -0.2) is 14.2 Å². The summed E-state index contributed by atoms with van der Waals surface area (Å²) in [5.41, 5.74) is 1.81. The molecular formula is C19H21FN4O2S. The van der Waals surface area contributed by atoms with E-state index in [0.29, 0.717) is 31.2 Å². The van der Waals surface area contributed by atoms with E-state index in [-0.39, 0.29) is 23.7 Å². The topological polar surface area (TPSA) is 74.3 Å². The number of fused-ring (bicyclic) bond motifs is 1. The Bertz CT molecular complexity index is 848. The summed E-state index contributed by atoms with van der Waals surface area (Å²) < 4.78 is 12.9. The van der Waals surface area contributed by atoms with E-state index in [0.717, 1.165) is 35.4 Å². The van der Waals surface area contributed by atoms with E-state index in [9.17, 15) is 14.0 Å². The van der Waals surface area contributed by atoms with E-state index in [1.165, 1.54) is 23.5 Å². The van der Waals surface area contributed by atoms with Crippen molar-refractivity contribution in [1.82, 2.24) is 15.2 Å². The largest absolute Gasteiger partial charge is 0.334 e. The SMILES string of the molecule is O=C(Nc1nc2c(s1)CN(C(=O)NCc1ccc(F)cc1)CC2)C1CCC1. The Kier molecular flexibility index (Phi) is 5.07. The Labute approximate surface area is 160 Å². The van der Waals surface area contributed by atoms with Crippen LogP contribution in [0.1, 0.15) is 35.4 Å². The Hall–Kier alpha value is -2.48. The summed E-state index contributed by atoms with van der Waals surface area (Å²) in [7, 11) is 0. The summed E-state index contributed by atoms with van der Waals surface area (Å²) >= 11 is 1.45. The first-order valence-corrected chi connectivity index (χ1v) is 9.97. The molecule has 6 nitrogen and oxygen atoms in total. The minimum Gasteiger partial charge on any atom is -0.334 e. The number of aromatic nitrogens is 1. The number of carbonyl (C=O) groups is 2. The van der Waals surface area contributed by atoms with Crippen LogP contribution in [-0.4, -0.2) is 28.4 Å². The standard InChI is InChI=1S/C19H21FN4O2S/c20-14-6-4-12(5-7-14)10-21-19(26)24-9-8-15-16(11-24)27-18(22-15)23-17(25)13-2-1-3-13/h4-7,13H,1-3,8-11H2,(H,21,26)(H,22,23,25). The fourth-order valence-corrected chi connectivity index (χ4v) is 4.22. The molecule has 1 aromatic heterocycles. The first-order chi connectivity index (χ1) is 13.1. The molecule has 4 rings (SSSR count). The Morgan fingerprint density at radius 1 is 1.26 bits per heavy atom. The van der Waals surface area contributed by atoms with Gasteiger partial charge in [-0.05, 0) is 30.5 Å². The van der Waals surface area contributed by atoms with Crippen LogP contribution in [0.4, 0.5) is 14.3 Å². The van der Waals surface area contributed by atoms with Crippen molar-refractivity contribution in [1.29, 1.82) is 0 Å². The molecule has 27 heavy (non-hydrogen) atoms. The van der Waals surface area contributed by atoms with Gasteiger partial charge in [0.05, 0.1) is 12.2 Å². The highest BCUT2D eigenvalue weighted by molar-refractivity contribution is 7.15. The summed E-state index contributed by atoms with van der Waals surface area (Å²) in [5, 5.41) is 6.41. The molecule has 2 N–H and O–H groups in total. The molecule has 1 aliphatic heterocycles. The van der Waals surface area contributed by atoms with Gasteiger partial charge in [-0.2, -0.15) is 0 Å². The van der Waals surface area contributed by atoms with Crippen molar-refractivity contribution >= 4 is 28.4 Å². The van der Waals surface area contributed by atoms with Crippen LogP contribution < -0.4 is 10.6 Å². The highest BCUT2D eigenvalue weighted by atomic mass is 32.1. The number of anilines is 1. The van der Waals surface area contributed by atoms with Gasteiger partial charge >= 0.3 is 6.03 Å². The highest BCUT2D eigenvalue weighted by Gasteiger charge is 2.28. The van der Waals surface area contributed by atoms with Crippen LogP contribution in [0, 0.1) is 11.7 Å². The van der Waals surface area contributed by atoms with Crippen molar-refractivity contribution in [3.63, 3.8) is 0 Å². The summed E-state index contributed by atoms with van der Waals surface area (Å²) in [6.45, 7) is 1.43. The van der Waals surface area contributed by atoms with Crippen LogP contribution in [0.5, 0.6) is 0 Å². The summed E-state index contributed by atoms with van der Waals surface area (Å²) in [6.07, 6.45) is 3.71. The summed E-state index contributed by atoms with van der Waals surface area (Å²) in [5.74, 6) is -0.111. The molecule has 1 aliphatic carbocycles. The Morgan fingerprint density at radius 3 is 2.74 bits per heavy atom. The van der Waals surface area contributed by atoms with Crippen LogP contribution >= 0.6 is 11.3 Å². The molecule has 0 atom stereocenters. The fraction of sp³-hybridized carbons (Fsp3) is 0.421. The molecule has 2 aromatic rings. The van der Waals surface area contributed by atoms with Crippen LogP contribution in [-0.2, 0) is 24.3 Å². The minimum absolute atomic E-state index is 0.0567. The smallest absolute Gasteiger partial charge is 0.318 e. The van der Waals surface area contributed by atoms with Gasteiger partial charge in [-0.3, -0.25) is 4.79 Å². The molecule has 0 saturated heterocycles. The van der Waals surface area contributed by atoms with Gasteiger partial charge in [0.1, 0.15) is 5.82 Å². The summed E-state index contributed by atoms with van der Waals surface area (Å²) in [4.78, 5) is 31.8. The maximum atomic E-state index is 12.9. The second-order valence-corrected chi connectivity index (χ2v) is 8.05. The number of nitrogens with zero attached hydrogens (tertiary/aromatic N) is 2. The second kappa shape index (κ2) is 7.64. The maximum absolute atomic E-state index is 12.9. The number of rotatable bonds is 4. The minimum atomic E-state index is -0.293. The van der Waals surface area contributed by atoms with E-state index >= 15 is 0 Å². The van der Waals surface area contributed by atoms with Crippen molar-refractivity contribution in [3.05, 3.63) is 46.2 Å². The van der Waals surface area contributed by atoms with Gasteiger partial charge in [-0.15, -0.1) is 0 Å². The van der Waals surface area contributed by atoms with E-state index in [1.807, 2.05) is 0 Å². The second-order valence-electron chi connectivity index (χ2n) is 6.96. The van der Waals surface area contributed by atoms with Gasteiger partial charge in [0.25, 0.3) is 0 Å². The first kappa shape index (κ1) is 17.9. The van der Waals surface area contributed by atoms with Gasteiger partial charge < -0.3 is 15.5 Å². The lowest BCUT2D eigenvalue weighted by molar-refractivity contribution is -0.122. The number of thiazole rings is 1. The molecular weight excluding hydrogens is 367 g/mol. The quantitative estimate of drug-likeness (QED) is 0.844. The number of hydrogen-bond donors (Lipinski definition) is 2. The van der Waals surface area contributed by atoms with Crippen molar-refractivity contribution in [2.75, 3.05) is 11.9 Å². The predicted molar refractivity (Wildman–Crippen MR) is 101 cm³/mol. The van der Waals surface area contributed by atoms with Gasteiger partial charge in [0, 0.05) is 30.3 Å². The number of carbonyl (C=O) groups excluding carboxylic acids is 2. The van der Waals surface area contributed by atoms with Crippen molar-refractivity contribution < 1.29 is 14.0 Å². The molecule has 2 heterocycles. The molecule has 1 aromatic carbocycles. The Balaban J connectivity index is 1.32. The zero-order chi connectivity index (χ0) is 18.8. The van der Waals surface area contributed by atoms with Crippen LogP contribution in [0.2, 0.25) is 0 Å². The molecule has 8 heteroatoms. The summed E-state index contributed by atoms with van der Waals surface area (Å²) in [6, 6.07) is 5.92. The lowest BCUT2D eigenvalue weighted by atomic mass is 9.85. The molecule has 0 unspecified atom stereocenters. The molecule has 2 aliphatic rings. The average molecular weight is 388 g/mol. The lowest BCUT2D eigenvalue weighted by Crippen LogP contribution is -2.42. The third-order valence-corrected chi connectivity index (χ3v) is 6.08. The van der Waals surface area contributed by atoms with Crippen LogP contribution in [0.3, 0.4) is 0 Å². The van der Waals surface area contributed by atoms with Crippen LogP contribution in [0.15, 0.2) is 24.3 Å². The number of urea groups is 1. The molecule has 142 valence electrons. The number of hydrogen-bond acceptors (Lipinski definition) is 4. The molecule has 3 amide bonds. The van der Waals surface area contributed by atoms with Gasteiger partial charge in [0.2, 0.25) is 5.91 Å². The molecule has 0 spiro atoms. The molecule has 0 bridgehead atoms. The maximum Gasteiger partial charge on any atom is 0.318 e. The average Bonchev–Trinajstić information content (AvgIpc) is 3.00. The lowest BCUT2D eigenvalue weighted by Gasteiger charge is -2.26. The highest BCUT2D eigenvalue weighted by Crippen LogP contribution is 2.31. The third kappa shape index (κ3) is 4.10. The van der Waals surface area contributed by atoms with E-state index in [1.54, 1.807) is 17.0 Å². The van der Waals surface area contributed by atoms with Crippen molar-refractivity contribution in [2.24, 2.45) is 5.92 Å². The molecule has 1 saturated carbocycles. The number of benzene rings is 1. The first-order valence-electron chi connectivity index (χ1n) is 9.15. The Morgan fingerprint density at radius 2 is 2.04 bits per heavy atom. The van der Waals surface area contributed by atoms with Crippen molar-refractivity contribution in [3.8, 4) is 0 Å². The zero-order valence-corrected chi connectivity index (χ0v) is 15.7. The van der Waals surface area contributed by atoms with E-state index in [2.05, 4.69) is 15.6 Å². The fourth-order valence-electron chi connectivity index (χ4n) is 3.19. The van der Waals surface area contributed by atoms with Crippen LogP contribution in [0.25, 0.3) is 0 Å². The normalized spacial score (nSPS) is 16.4. The number of nitrogens with one attached hydrogen (secondary N) is 2. The molecule has 0 radical (unpaired) electrons.